The molecule has 0 spiro atoms. The van der Waals surface area contributed by atoms with Gasteiger partial charge in [-0.1, -0.05) is 12.1 Å². The number of rotatable bonds is 4. The average Bonchev–Trinajstić information content (AvgIpc) is 2.99. The van der Waals surface area contributed by atoms with Gasteiger partial charge in [-0.25, -0.2) is 4.98 Å². The standard InChI is InChI=1S/C17H20N4O2S/c1-11-16(23)19-7-2-8-21(11)9-14-10-24-17(20-14)13-5-3-12(4-6-13)15(18)22/h3-6,10-11H,2,7-9H2,1H3,(H2,18,22)(H,19,23). The summed E-state index contributed by atoms with van der Waals surface area (Å²) in [7, 11) is 0. The van der Waals surface area contributed by atoms with E-state index in [-0.39, 0.29) is 11.9 Å². The molecule has 0 bridgehead atoms. The molecule has 0 saturated carbocycles. The molecule has 126 valence electrons. The first-order valence-corrected chi connectivity index (χ1v) is 8.79. The smallest absolute Gasteiger partial charge is 0.248 e. The maximum Gasteiger partial charge on any atom is 0.248 e. The fourth-order valence-electron chi connectivity index (χ4n) is 2.71. The van der Waals surface area contributed by atoms with Crippen molar-refractivity contribution in [3.63, 3.8) is 0 Å². The van der Waals surface area contributed by atoms with Crippen molar-refractivity contribution in [3.05, 3.63) is 40.9 Å². The quantitative estimate of drug-likeness (QED) is 0.882. The Labute approximate surface area is 144 Å². The topological polar surface area (TPSA) is 88.3 Å². The predicted octanol–water partition coefficient (Wildman–Crippen LogP) is 1.62. The van der Waals surface area contributed by atoms with E-state index in [0.717, 1.165) is 35.8 Å². The van der Waals surface area contributed by atoms with E-state index in [9.17, 15) is 9.59 Å². The van der Waals surface area contributed by atoms with Gasteiger partial charge < -0.3 is 11.1 Å². The van der Waals surface area contributed by atoms with Crippen molar-refractivity contribution < 1.29 is 9.59 Å². The number of primary amides is 1. The summed E-state index contributed by atoms with van der Waals surface area (Å²) >= 11 is 1.56. The van der Waals surface area contributed by atoms with E-state index in [4.69, 9.17) is 5.73 Å². The van der Waals surface area contributed by atoms with Crippen LogP contribution in [0.4, 0.5) is 0 Å². The van der Waals surface area contributed by atoms with Crippen LogP contribution in [0.15, 0.2) is 29.6 Å². The summed E-state index contributed by atoms with van der Waals surface area (Å²) in [4.78, 5) is 29.9. The summed E-state index contributed by atoms with van der Waals surface area (Å²) in [5, 5.41) is 5.84. The number of hydrogen-bond donors (Lipinski definition) is 2. The first-order chi connectivity index (χ1) is 11.5. The molecule has 1 unspecified atom stereocenters. The Balaban J connectivity index is 1.73. The molecular formula is C17H20N4O2S. The van der Waals surface area contributed by atoms with Crippen LogP contribution in [-0.2, 0) is 11.3 Å². The minimum atomic E-state index is -0.435. The Morgan fingerprint density at radius 1 is 1.42 bits per heavy atom. The first kappa shape index (κ1) is 16.6. The third-order valence-corrected chi connectivity index (χ3v) is 5.12. The normalized spacial score (nSPS) is 18.9. The third-order valence-electron chi connectivity index (χ3n) is 4.18. The number of nitrogens with one attached hydrogen (secondary N) is 1. The minimum absolute atomic E-state index is 0.0741. The lowest BCUT2D eigenvalue weighted by atomic mass is 10.1. The van der Waals surface area contributed by atoms with Gasteiger partial charge >= 0.3 is 0 Å². The van der Waals surface area contributed by atoms with Crippen molar-refractivity contribution in [2.24, 2.45) is 5.73 Å². The molecule has 1 aromatic heterocycles. The number of nitrogens with zero attached hydrogens (tertiary/aromatic N) is 2. The Hall–Kier alpha value is -2.25. The molecule has 3 rings (SSSR count). The lowest BCUT2D eigenvalue weighted by molar-refractivity contribution is -0.125. The van der Waals surface area contributed by atoms with Gasteiger partial charge in [0.1, 0.15) is 5.01 Å². The lowest BCUT2D eigenvalue weighted by Crippen LogP contribution is -2.41. The zero-order valence-electron chi connectivity index (χ0n) is 13.5. The summed E-state index contributed by atoms with van der Waals surface area (Å²) in [5.74, 6) is -0.361. The number of thiazole rings is 1. The van der Waals surface area contributed by atoms with Crippen LogP contribution < -0.4 is 11.1 Å². The fraction of sp³-hybridized carbons (Fsp3) is 0.353. The van der Waals surface area contributed by atoms with Gasteiger partial charge in [-0.05, 0) is 25.5 Å². The highest BCUT2D eigenvalue weighted by atomic mass is 32.1. The van der Waals surface area contributed by atoms with Gasteiger partial charge in [0.25, 0.3) is 0 Å². The highest BCUT2D eigenvalue weighted by Crippen LogP contribution is 2.25. The van der Waals surface area contributed by atoms with Crippen LogP contribution in [0.3, 0.4) is 0 Å². The molecule has 6 nitrogen and oxygen atoms in total. The van der Waals surface area contributed by atoms with Gasteiger partial charge in [0.05, 0.1) is 11.7 Å². The van der Waals surface area contributed by atoms with Crippen LogP contribution in [0.1, 0.15) is 29.4 Å². The first-order valence-electron chi connectivity index (χ1n) is 7.91. The van der Waals surface area contributed by atoms with Crippen LogP contribution in [-0.4, -0.2) is 40.8 Å². The number of aromatic nitrogens is 1. The third kappa shape index (κ3) is 3.63. The summed E-state index contributed by atoms with van der Waals surface area (Å²) in [6.07, 6.45) is 0.946. The lowest BCUT2D eigenvalue weighted by Gasteiger charge is -2.24. The second kappa shape index (κ2) is 7.11. The highest BCUT2D eigenvalue weighted by Gasteiger charge is 2.24. The number of carbonyl (C=O) groups excluding carboxylic acids is 2. The number of carbonyl (C=O) groups is 2. The largest absolute Gasteiger partial charge is 0.366 e. The van der Waals surface area contributed by atoms with Crippen LogP contribution >= 0.6 is 11.3 Å². The second-order valence-electron chi connectivity index (χ2n) is 5.88. The molecule has 0 radical (unpaired) electrons. The second-order valence-corrected chi connectivity index (χ2v) is 6.73. The van der Waals surface area contributed by atoms with Gasteiger partial charge in [0, 0.05) is 36.1 Å². The monoisotopic (exact) mass is 344 g/mol. The van der Waals surface area contributed by atoms with E-state index >= 15 is 0 Å². The molecule has 7 heteroatoms. The number of benzene rings is 1. The van der Waals surface area contributed by atoms with Crippen LogP contribution in [0, 0.1) is 0 Å². The van der Waals surface area contributed by atoms with Crippen LogP contribution in [0.5, 0.6) is 0 Å². The van der Waals surface area contributed by atoms with Gasteiger partial charge in [-0.3, -0.25) is 14.5 Å². The van der Waals surface area contributed by atoms with Crippen molar-refractivity contribution in [1.29, 1.82) is 0 Å². The minimum Gasteiger partial charge on any atom is -0.366 e. The van der Waals surface area contributed by atoms with Crippen LogP contribution in [0.25, 0.3) is 10.6 Å². The zero-order valence-corrected chi connectivity index (χ0v) is 14.3. The molecule has 2 heterocycles. The zero-order chi connectivity index (χ0) is 17.1. The van der Waals surface area contributed by atoms with Crippen molar-refractivity contribution >= 4 is 23.2 Å². The van der Waals surface area contributed by atoms with E-state index in [1.807, 2.05) is 24.4 Å². The maximum atomic E-state index is 11.9. The Kier molecular flexibility index (Phi) is 4.92. The molecule has 1 atom stereocenters. The van der Waals surface area contributed by atoms with E-state index in [0.29, 0.717) is 12.1 Å². The van der Waals surface area contributed by atoms with E-state index < -0.39 is 5.91 Å². The number of nitrogens with two attached hydrogens (primary N) is 1. The van der Waals surface area contributed by atoms with Crippen molar-refractivity contribution in [2.75, 3.05) is 13.1 Å². The number of amides is 2. The Morgan fingerprint density at radius 2 is 2.17 bits per heavy atom. The summed E-state index contributed by atoms with van der Waals surface area (Å²) in [6, 6.07) is 6.97. The Bertz CT molecular complexity index is 741. The molecule has 1 aliphatic heterocycles. The summed E-state index contributed by atoms with van der Waals surface area (Å²) in [6.45, 7) is 4.19. The number of hydrogen-bond acceptors (Lipinski definition) is 5. The molecule has 1 saturated heterocycles. The molecule has 2 amide bonds. The Morgan fingerprint density at radius 3 is 2.88 bits per heavy atom. The summed E-state index contributed by atoms with van der Waals surface area (Å²) < 4.78 is 0. The van der Waals surface area contributed by atoms with Gasteiger partial charge in [-0.2, -0.15) is 0 Å². The summed E-state index contributed by atoms with van der Waals surface area (Å²) in [5.41, 5.74) is 7.65. The molecule has 0 aliphatic carbocycles. The molecular weight excluding hydrogens is 324 g/mol. The average molecular weight is 344 g/mol. The SMILES string of the molecule is CC1C(=O)NCCCN1Cc1csc(-c2ccc(C(N)=O)cc2)n1. The van der Waals surface area contributed by atoms with E-state index in [1.165, 1.54) is 0 Å². The van der Waals surface area contributed by atoms with Crippen molar-refractivity contribution in [1.82, 2.24) is 15.2 Å². The molecule has 2 aromatic rings. The molecule has 3 N–H and O–H groups in total. The van der Waals surface area contributed by atoms with E-state index in [1.54, 1.807) is 23.5 Å². The van der Waals surface area contributed by atoms with E-state index in [2.05, 4.69) is 15.2 Å². The van der Waals surface area contributed by atoms with Crippen molar-refractivity contribution in [2.45, 2.75) is 25.9 Å². The molecule has 1 aromatic carbocycles. The highest BCUT2D eigenvalue weighted by molar-refractivity contribution is 7.13. The molecule has 1 fully saturated rings. The van der Waals surface area contributed by atoms with Crippen molar-refractivity contribution in [3.8, 4) is 10.6 Å². The van der Waals surface area contributed by atoms with Gasteiger partial charge in [0.2, 0.25) is 11.8 Å². The molecule has 24 heavy (non-hydrogen) atoms. The predicted molar refractivity (Wildman–Crippen MR) is 93.6 cm³/mol. The fourth-order valence-corrected chi connectivity index (χ4v) is 3.53. The van der Waals surface area contributed by atoms with Gasteiger partial charge in [-0.15, -0.1) is 11.3 Å². The maximum absolute atomic E-state index is 11.9. The van der Waals surface area contributed by atoms with Gasteiger partial charge in [0.15, 0.2) is 0 Å². The molecule has 1 aliphatic rings. The van der Waals surface area contributed by atoms with Crippen LogP contribution in [0.2, 0.25) is 0 Å².